The minimum Gasteiger partial charge on any atom is -0.381 e. The molecular formula is C13H19N5OS. The Morgan fingerprint density at radius 3 is 2.85 bits per heavy atom. The van der Waals surface area contributed by atoms with Crippen LogP contribution < -0.4 is 5.32 Å². The van der Waals surface area contributed by atoms with Crippen LogP contribution in [-0.4, -0.2) is 45.6 Å². The number of ether oxygens (including phenoxy) is 1. The lowest BCUT2D eigenvalue weighted by atomic mass is 10.00. The lowest BCUT2D eigenvalue weighted by Gasteiger charge is -2.19. The fourth-order valence-electron chi connectivity index (χ4n) is 3.20. The Morgan fingerprint density at radius 1 is 1.25 bits per heavy atom. The zero-order chi connectivity index (χ0) is 13.5. The Kier molecular flexibility index (Phi) is 3.20. The molecule has 108 valence electrons. The van der Waals surface area contributed by atoms with E-state index in [1.807, 2.05) is 4.52 Å². The van der Waals surface area contributed by atoms with Crippen LogP contribution in [0.15, 0.2) is 0 Å². The molecule has 0 aromatic carbocycles. The molecular weight excluding hydrogens is 274 g/mol. The number of aromatic nitrogens is 4. The van der Waals surface area contributed by atoms with Gasteiger partial charge in [0.1, 0.15) is 5.01 Å². The van der Waals surface area contributed by atoms with E-state index in [9.17, 15) is 0 Å². The van der Waals surface area contributed by atoms with Gasteiger partial charge >= 0.3 is 0 Å². The molecule has 2 saturated heterocycles. The van der Waals surface area contributed by atoms with Crippen molar-refractivity contribution in [3.05, 3.63) is 10.8 Å². The van der Waals surface area contributed by atoms with Crippen molar-refractivity contribution in [2.45, 2.75) is 44.1 Å². The number of nitrogens with zero attached hydrogens (tertiary/aromatic N) is 4. The van der Waals surface area contributed by atoms with Gasteiger partial charge in [-0.2, -0.15) is 9.61 Å². The Morgan fingerprint density at radius 2 is 2.10 bits per heavy atom. The first-order valence-electron chi connectivity index (χ1n) is 7.36. The van der Waals surface area contributed by atoms with Crippen molar-refractivity contribution >= 4 is 16.3 Å². The van der Waals surface area contributed by atoms with E-state index >= 15 is 0 Å². The number of hydrogen-bond donors (Lipinski definition) is 1. The van der Waals surface area contributed by atoms with Crippen LogP contribution in [0.1, 0.15) is 48.9 Å². The summed E-state index contributed by atoms with van der Waals surface area (Å²) in [5, 5.41) is 18.2. The van der Waals surface area contributed by atoms with Gasteiger partial charge in [0.25, 0.3) is 0 Å². The molecule has 2 aromatic heterocycles. The normalized spacial score (nSPS) is 28.4. The molecule has 6 nitrogen and oxygen atoms in total. The van der Waals surface area contributed by atoms with Crippen LogP contribution in [0.25, 0.3) is 4.96 Å². The smallest absolute Gasteiger partial charge is 0.234 e. The van der Waals surface area contributed by atoms with Gasteiger partial charge in [0.05, 0.1) is 0 Å². The molecule has 0 radical (unpaired) electrons. The highest BCUT2D eigenvalue weighted by Gasteiger charge is 2.29. The van der Waals surface area contributed by atoms with Gasteiger partial charge in [0.15, 0.2) is 5.82 Å². The van der Waals surface area contributed by atoms with E-state index in [-0.39, 0.29) is 0 Å². The summed E-state index contributed by atoms with van der Waals surface area (Å²) in [6, 6.07) is 0.505. The van der Waals surface area contributed by atoms with Crippen LogP contribution in [-0.2, 0) is 4.74 Å². The van der Waals surface area contributed by atoms with Gasteiger partial charge in [0.2, 0.25) is 4.96 Å². The van der Waals surface area contributed by atoms with Crippen molar-refractivity contribution in [3.63, 3.8) is 0 Å². The molecule has 2 aliphatic heterocycles. The molecule has 0 amide bonds. The highest BCUT2D eigenvalue weighted by atomic mass is 32.1. The quantitative estimate of drug-likeness (QED) is 0.910. The van der Waals surface area contributed by atoms with Crippen molar-refractivity contribution in [1.29, 1.82) is 0 Å². The van der Waals surface area contributed by atoms with Crippen molar-refractivity contribution in [1.82, 2.24) is 25.1 Å². The second kappa shape index (κ2) is 5.05. The lowest BCUT2D eigenvalue weighted by molar-refractivity contribution is 0.0831. The molecule has 7 heteroatoms. The first-order chi connectivity index (χ1) is 9.83. The molecule has 0 spiro atoms. The molecule has 20 heavy (non-hydrogen) atoms. The molecule has 4 heterocycles. The highest BCUT2D eigenvalue weighted by Crippen LogP contribution is 2.32. The topological polar surface area (TPSA) is 64.3 Å². The van der Waals surface area contributed by atoms with Crippen molar-refractivity contribution < 1.29 is 4.74 Å². The van der Waals surface area contributed by atoms with Gasteiger partial charge in [-0.15, -0.1) is 10.2 Å². The molecule has 2 aliphatic rings. The summed E-state index contributed by atoms with van der Waals surface area (Å²) in [6.45, 7) is 4.96. The van der Waals surface area contributed by atoms with Crippen LogP contribution in [0.3, 0.4) is 0 Å². The van der Waals surface area contributed by atoms with E-state index in [0.717, 1.165) is 49.8 Å². The Balaban J connectivity index is 1.67. The van der Waals surface area contributed by atoms with Gasteiger partial charge in [-0.05, 0) is 32.7 Å². The van der Waals surface area contributed by atoms with Crippen molar-refractivity contribution in [2.24, 2.45) is 0 Å². The summed E-state index contributed by atoms with van der Waals surface area (Å²) in [5.41, 5.74) is 0. The second-order valence-electron chi connectivity index (χ2n) is 5.72. The van der Waals surface area contributed by atoms with E-state index < -0.39 is 0 Å². The maximum atomic E-state index is 5.43. The van der Waals surface area contributed by atoms with Gasteiger partial charge in [-0.25, -0.2) is 0 Å². The zero-order valence-electron chi connectivity index (χ0n) is 11.6. The van der Waals surface area contributed by atoms with Gasteiger partial charge in [0, 0.05) is 31.1 Å². The van der Waals surface area contributed by atoms with Gasteiger partial charge in [-0.3, -0.25) is 0 Å². The van der Waals surface area contributed by atoms with Crippen LogP contribution in [0.2, 0.25) is 0 Å². The monoisotopic (exact) mass is 293 g/mol. The Hall–Kier alpha value is -1.05. The van der Waals surface area contributed by atoms with Crippen LogP contribution in [0, 0.1) is 0 Å². The molecule has 1 N–H and O–H groups in total. The third-order valence-corrected chi connectivity index (χ3v) is 5.49. The number of hydrogen-bond acceptors (Lipinski definition) is 6. The minimum absolute atomic E-state index is 0.438. The summed E-state index contributed by atoms with van der Waals surface area (Å²) >= 11 is 1.69. The van der Waals surface area contributed by atoms with Crippen molar-refractivity contribution in [3.8, 4) is 0 Å². The van der Waals surface area contributed by atoms with E-state index in [2.05, 4.69) is 22.4 Å². The van der Waals surface area contributed by atoms with E-state index in [1.54, 1.807) is 11.3 Å². The van der Waals surface area contributed by atoms with Crippen LogP contribution in [0.4, 0.5) is 0 Å². The number of rotatable bonds is 2. The van der Waals surface area contributed by atoms with E-state index in [0.29, 0.717) is 17.9 Å². The molecule has 0 saturated carbocycles. The molecule has 0 bridgehead atoms. The summed E-state index contributed by atoms with van der Waals surface area (Å²) in [4.78, 5) is 0.931. The fraction of sp³-hybridized carbons (Fsp3) is 0.769. The maximum Gasteiger partial charge on any atom is 0.234 e. The highest BCUT2D eigenvalue weighted by molar-refractivity contribution is 7.16. The van der Waals surface area contributed by atoms with Crippen LogP contribution in [0.5, 0.6) is 0 Å². The van der Waals surface area contributed by atoms with Crippen molar-refractivity contribution in [2.75, 3.05) is 19.8 Å². The average Bonchev–Trinajstić information content (AvgIpc) is 3.13. The minimum atomic E-state index is 0.438. The SMILES string of the molecule is CC1NCCC1c1nn2c(C3CCOCC3)nnc2s1. The average molecular weight is 293 g/mol. The zero-order valence-corrected chi connectivity index (χ0v) is 12.4. The molecule has 2 aromatic rings. The number of nitrogens with one attached hydrogen (secondary N) is 1. The summed E-state index contributed by atoms with van der Waals surface area (Å²) < 4.78 is 7.40. The third-order valence-electron chi connectivity index (χ3n) is 4.46. The first-order valence-corrected chi connectivity index (χ1v) is 8.18. The third kappa shape index (κ3) is 2.04. The summed E-state index contributed by atoms with van der Waals surface area (Å²) in [6.07, 6.45) is 3.21. The van der Waals surface area contributed by atoms with Gasteiger partial charge in [-0.1, -0.05) is 11.3 Å². The fourth-order valence-corrected chi connectivity index (χ4v) is 4.29. The standard InChI is InChI=1S/C13H19N5OS/c1-8-10(2-5-14-8)12-17-18-11(15-16-13(18)20-12)9-3-6-19-7-4-9/h8-10,14H,2-7H2,1H3. The lowest BCUT2D eigenvalue weighted by Crippen LogP contribution is -2.21. The Labute approximate surface area is 121 Å². The molecule has 2 unspecified atom stereocenters. The molecule has 2 atom stereocenters. The van der Waals surface area contributed by atoms with E-state index in [1.165, 1.54) is 5.01 Å². The molecule has 4 rings (SSSR count). The van der Waals surface area contributed by atoms with E-state index in [4.69, 9.17) is 9.84 Å². The predicted octanol–water partition coefficient (Wildman–Crippen LogP) is 1.55. The van der Waals surface area contributed by atoms with Crippen LogP contribution >= 0.6 is 11.3 Å². The number of fused-ring (bicyclic) bond motifs is 1. The predicted molar refractivity (Wildman–Crippen MR) is 76.3 cm³/mol. The maximum absolute atomic E-state index is 5.43. The molecule has 0 aliphatic carbocycles. The Bertz CT molecular complexity index is 603. The first kappa shape index (κ1) is 12.7. The van der Waals surface area contributed by atoms with Gasteiger partial charge < -0.3 is 10.1 Å². The second-order valence-corrected chi connectivity index (χ2v) is 6.71. The largest absolute Gasteiger partial charge is 0.381 e. The summed E-state index contributed by atoms with van der Waals surface area (Å²) in [5.74, 6) is 1.97. The molecule has 2 fully saturated rings. The summed E-state index contributed by atoms with van der Waals surface area (Å²) in [7, 11) is 0.